The molecular weight excluding hydrogens is 472 g/mol. The molecule has 0 aromatic heterocycles. The zero-order valence-electron chi connectivity index (χ0n) is 24.0. The summed E-state index contributed by atoms with van der Waals surface area (Å²) in [5.41, 5.74) is 0. The van der Waals surface area contributed by atoms with Crippen molar-refractivity contribution < 1.29 is 33.2 Å². The van der Waals surface area contributed by atoms with E-state index in [0.717, 1.165) is 18.6 Å². The van der Waals surface area contributed by atoms with E-state index in [9.17, 15) is 0 Å². The molecule has 214 valence electrons. The van der Waals surface area contributed by atoms with Crippen molar-refractivity contribution in [3.8, 4) is 0 Å². The fourth-order valence-electron chi connectivity index (χ4n) is 5.95. The number of fused-ring (bicyclic) bond motifs is 1. The molecule has 0 saturated carbocycles. The molecule has 4 aliphatic heterocycles. The van der Waals surface area contributed by atoms with Crippen LogP contribution >= 0.6 is 0 Å². The summed E-state index contributed by atoms with van der Waals surface area (Å²) in [6.07, 6.45) is 17.5. The van der Waals surface area contributed by atoms with Crippen molar-refractivity contribution in [3.05, 3.63) is 11.8 Å². The molecule has 7 heteroatoms. The van der Waals surface area contributed by atoms with E-state index in [-0.39, 0.29) is 30.5 Å². The molecule has 0 aromatic carbocycles. The topological polar surface area (TPSA) is 64.6 Å². The van der Waals surface area contributed by atoms with Gasteiger partial charge in [0.05, 0.1) is 13.2 Å². The number of ether oxygens (including phenoxy) is 7. The maximum Gasteiger partial charge on any atom is 0.191 e. The minimum atomic E-state index is -0.705. The van der Waals surface area contributed by atoms with Crippen LogP contribution in [0.1, 0.15) is 118 Å². The molecule has 6 atom stereocenters. The maximum atomic E-state index is 6.61. The SMILES string of the molecule is CCCCCCCCCCCCCC[C@@H]1OCC=C1O[C@@H]1[C@H]2OC(C)(C)O[C@H]2O[C@@H]1[C@@H]1COC(C)(C)O1. The van der Waals surface area contributed by atoms with E-state index in [0.29, 0.717) is 13.2 Å². The zero-order chi connectivity index (χ0) is 26.3. The quantitative estimate of drug-likeness (QED) is 0.206. The van der Waals surface area contributed by atoms with Crippen LogP contribution in [0, 0.1) is 0 Å². The Morgan fingerprint density at radius 2 is 1.43 bits per heavy atom. The molecule has 0 aromatic rings. The fraction of sp³-hybridized carbons (Fsp3) is 0.933. The van der Waals surface area contributed by atoms with Gasteiger partial charge in [-0.05, 0) is 40.2 Å². The third-order valence-corrected chi connectivity index (χ3v) is 7.92. The first kappa shape index (κ1) is 29.3. The second-order valence-corrected chi connectivity index (χ2v) is 12.1. The number of hydrogen-bond donors (Lipinski definition) is 0. The van der Waals surface area contributed by atoms with Crippen LogP contribution in [-0.2, 0) is 33.2 Å². The van der Waals surface area contributed by atoms with E-state index in [1.54, 1.807) is 0 Å². The van der Waals surface area contributed by atoms with E-state index in [1.165, 1.54) is 70.6 Å². The average molecular weight is 525 g/mol. The summed E-state index contributed by atoms with van der Waals surface area (Å²) in [5.74, 6) is -0.443. The van der Waals surface area contributed by atoms with E-state index < -0.39 is 17.9 Å². The lowest BCUT2D eigenvalue weighted by Crippen LogP contribution is -2.44. The van der Waals surface area contributed by atoms with E-state index in [4.69, 9.17) is 33.2 Å². The zero-order valence-corrected chi connectivity index (χ0v) is 24.0. The molecule has 0 spiro atoms. The highest BCUT2D eigenvalue weighted by atomic mass is 16.8. The van der Waals surface area contributed by atoms with Gasteiger partial charge in [-0.1, -0.05) is 84.0 Å². The highest BCUT2D eigenvalue weighted by Gasteiger charge is 2.60. The molecule has 0 radical (unpaired) electrons. The average Bonchev–Trinajstić information content (AvgIpc) is 3.58. The standard InChI is InChI=1S/C30H52O7/c1-6-7-8-9-10-11-12-13-14-15-16-17-18-22-23(19-20-31-22)33-26-25(24-21-32-29(2,3)35-24)34-28-27(26)36-30(4,5)37-28/h19,22,24-28H,6-18,20-21H2,1-5H3/t22-,24-,25+,26-,27+,28+/m0/s1. The van der Waals surface area contributed by atoms with Gasteiger partial charge in [0.25, 0.3) is 0 Å². The molecule has 0 aliphatic carbocycles. The van der Waals surface area contributed by atoms with E-state index >= 15 is 0 Å². The van der Waals surface area contributed by atoms with Crippen LogP contribution in [0.25, 0.3) is 0 Å². The van der Waals surface area contributed by atoms with Crippen LogP contribution in [0.4, 0.5) is 0 Å². The van der Waals surface area contributed by atoms with Gasteiger partial charge in [-0.3, -0.25) is 0 Å². The van der Waals surface area contributed by atoms with E-state index in [2.05, 4.69) is 13.0 Å². The molecule has 3 fully saturated rings. The third kappa shape index (κ3) is 8.39. The summed E-state index contributed by atoms with van der Waals surface area (Å²) in [7, 11) is 0. The molecular formula is C30H52O7. The van der Waals surface area contributed by atoms with Gasteiger partial charge in [-0.25, -0.2) is 0 Å². The molecule has 4 heterocycles. The highest BCUT2D eigenvalue weighted by molar-refractivity contribution is 5.09. The van der Waals surface area contributed by atoms with Crippen LogP contribution in [0.2, 0.25) is 0 Å². The second kappa shape index (κ2) is 13.6. The minimum Gasteiger partial charge on any atom is -0.486 e. The Kier molecular flexibility index (Phi) is 10.7. The lowest BCUT2D eigenvalue weighted by molar-refractivity contribution is -0.234. The molecule has 3 saturated heterocycles. The molecule has 4 rings (SSSR count). The number of unbranched alkanes of at least 4 members (excludes halogenated alkanes) is 11. The van der Waals surface area contributed by atoms with Gasteiger partial charge in [0.2, 0.25) is 0 Å². The van der Waals surface area contributed by atoms with Crippen LogP contribution in [0.15, 0.2) is 11.8 Å². The Labute approximate surface area is 224 Å². The fourth-order valence-corrected chi connectivity index (χ4v) is 5.95. The first-order valence-corrected chi connectivity index (χ1v) is 15.1. The normalized spacial score (nSPS) is 34.1. The predicted molar refractivity (Wildman–Crippen MR) is 142 cm³/mol. The molecule has 0 bridgehead atoms. The Bertz CT molecular complexity index is 721. The Hall–Kier alpha value is -0.700. The van der Waals surface area contributed by atoms with Crippen molar-refractivity contribution in [2.75, 3.05) is 13.2 Å². The largest absolute Gasteiger partial charge is 0.486 e. The molecule has 0 amide bonds. The van der Waals surface area contributed by atoms with Gasteiger partial charge in [0, 0.05) is 0 Å². The van der Waals surface area contributed by atoms with Crippen molar-refractivity contribution in [2.24, 2.45) is 0 Å². The molecule has 0 N–H and O–H groups in total. The van der Waals surface area contributed by atoms with Crippen molar-refractivity contribution in [1.29, 1.82) is 0 Å². The van der Waals surface area contributed by atoms with Crippen molar-refractivity contribution >= 4 is 0 Å². The Morgan fingerprint density at radius 1 is 0.784 bits per heavy atom. The number of hydrogen-bond acceptors (Lipinski definition) is 7. The van der Waals surface area contributed by atoms with Gasteiger partial charge < -0.3 is 33.2 Å². The summed E-state index contributed by atoms with van der Waals surface area (Å²) in [6.45, 7) is 11.0. The highest BCUT2D eigenvalue weighted by Crippen LogP contribution is 2.43. The van der Waals surface area contributed by atoms with E-state index in [1.807, 2.05) is 27.7 Å². The van der Waals surface area contributed by atoms with Crippen LogP contribution in [0.3, 0.4) is 0 Å². The minimum absolute atomic E-state index is 0.00432. The van der Waals surface area contributed by atoms with Gasteiger partial charge in [0.15, 0.2) is 30.1 Å². The third-order valence-electron chi connectivity index (χ3n) is 7.92. The first-order chi connectivity index (χ1) is 17.8. The maximum absolute atomic E-state index is 6.61. The van der Waals surface area contributed by atoms with Crippen LogP contribution in [0.5, 0.6) is 0 Å². The van der Waals surface area contributed by atoms with Crippen molar-refractivity contribution in [2.45, 2.75) is 166 Å². The summed E-state index contributed by atoms with van der Waals surface area (Å²) in [4.78, 5) is 0. The predicted octanol–water partition coefficient (Wildman–Crippen LogP) is 6.77. The van der Waals surface area contributed by atoms with Crippen LogP contribution in [-0.4, -0.2) is 61.6 Å². The molecule has 7 nitrogen and oxygen atoms in total. The summed E-state index contributed by atoms with van der Waals surface area (Å²) < 4.78 is 43.1. The summed E-state index contributed by atoms with van der Waals surface area (Å²) >= 11 is 0. The second-order valence-electron chi connectivity index (χ2n) is 12.1. The summed E-state index contributed by atoms with van der Waals surface area (Å²) in [5, 5.41) is 0. The first-order valence-electron chi connectivity index (χ1n) is 15.1. The molecule has 0 unspecified atom stereocenters. The van der Waals surface area contributed by atoms with Crippen molar-refractivity contribution in [1.82, 2.24) is 0 Å². The Balaban J connectivity index is 1.18. The molecule has 37 heavy (non-hydrogen) atoms. The lowest BCUT2D eigenvalue weighted by atomic mass is 10.0. The van der Waals surface area contributed by atoms with Gasteiger partial charge in [-0.15, -0.1) is 0 Å². The van der Waals surface area contributed by atoms with Gasteiger partial charge in [-0.2, -0.15) is 0 Å². The summed E-state index contributed by atoms with van der Waals surface area (Å²) in [6, 6.07) is 0. The lowest BCUT2D eigenvalue weighted by Gasteiger charge is -2.30. The number of rotatable bonds is 16. The Morgan fingerprint density at radius 3 is 2.05 bits per heavy atom. The smallest absolute Gasteiger partial charge is 0.191 e. The van der Waals surface area contributed by atoms with Gasteiger partial charge >= 0.3 is 0 Å². The monoisotopic (exact) mass is 524 g/mol. The van der Waals surface area contributed by atoms with Crippen molar-refractivity contribution in [3.63, 3.8) is 0 Å². The van der Waals surface area contributed by atoms with Crippen LogP contribution < -0.4 is 0 Å². The molecule has 4 aliphatic rings. The van der Waals surface area contributed by atoms with Gasteiger partial charge in [0.1, 0.15) is 24.1 Å².